The van der Waals surface area contributed by atoms with Gasteiger partial charge in [-0.1, -0.05) is 12.1 Å². The summed E-state index contributed by atoms with van der Waals surface area (Å²) in [5, 5.41) is 11.0. The highest BCUT2D eigenvalue weighted by molar-refractivity contribution is 5.78. The Morgan fingerprint density at radius 1 is 1.43 bits per heavy atom. The van der Waals surface area contributed by atoms with Crippen LogP contribution in [0.5, 0.6) is 0 Å². The first kappa shape index (κ1) is 15.2. The zero-order valence-corrected chi connectivity index (χ0v) is 11.9. The molecule has 8 heteroatoms. The van der Waals surface area contributed by atoms with Gasteiger partial charge in [0.2, 0.25) is 5.91 Å². The lowest BCUT2D eigenvalue weighted by molar-refractivity contribution is -0.384. The van der Waals surface area contributed by atoms with E-state index in [2.05, 4.69) is 5.43 Å². The molecule has 1 aliphatic heterocycles. The van der Waals surface area contributed by atoms with Gasteiger partial charge in [0.15, 0.2) is 0 Å². The van der Waals surface area contributed by atoms with Crippen LogP contribution in [-0.2, 0) is 11.3 Å². The van der Waals surface area contributed by atoms with Crippen LogP contribution in [-0.4, -0.2) is 47.3 Å². The largest absolute Gasteiger partial charge is 0.345 e. The number of hydrogen-bond acceptors (Lipinski definition) is 6. The number of nitrogen functional groups attached to an aromatic ring is 1. The van der Waals surface area contributed by atoms with Gasteiger partial charge in [0.1, 0.15) is 5.69 Å². The highest BCUT2D eigenvalue weighted by Gasteiger charge is 2.22. The van der Waals surface area contributed by atoms with Crippen molar-refractivity contribution in [2.45, 2.75) is 13.0 Å². The summed E-state index contributed by atoms with van der Waals surface area (Å²) in [4.78, 5) is 26.1. The Bertz CT molecular complexity index is 549. The molecule has 0 bridgehead atoms. The molecule has 0 unspecified atom stereocenters. The number of nitrogens with zero attached hydrogens (tertiary/aromatic N) is 3. The molecule has 0 radical (unpaired) electrons. The van der Waals surface area contributed by atoms with Crippen LogP contribution in [0.15, 0.2) is 18.2 Å². The van der Waals surface area contributed by atoms with Crippen molar-refractivity contribution in [3.63, 3.8) is 0 Å². The first-order chi connectivity index (χ1) is 10.0. The number of nitrogens with two attached hydrogens (primary N) is 1. The van der Waals surface area contributed by atoms with Crippen LogP contribution in [0.2, 0.25) is 0 Å². The number of benzene rings is 1. The molecule has 1 heterocycles. The maximum absolute atomic E-state index is 11.9. The van der Waals surface area contributed by atoms with Gasteiger partial charge in [-0.3, -0.25) is 25.7 Å². The Labute approximate surface area is 122 Å². The summed E-state index contributed by atoms with van der Waals surface area (Å²) in [6.45, 7) is 2.25. The molecule has 1 aromatic carbocycles. The van der Waals surface area contributed by atoms with Gasteiger partial charge in [-0.05, 0) is 12.0 Å². The van der Waals surface area contributed by atoms with Gasteiger partial charge < -0.3 is 10.3 Å². The van der Waals surface area contributed by atoms with Crippen LogP contribution in [0, 0.1) is 10.1 Å². The number of nitro groups is 1. The van der Waals surface area contributed by atoms with Gasteiger partial charge in [-0.2, -0.15) is 0 Å². The van der Waals surface area contributed by atoms with E-state index >= 15 is 0 Å². The Morgan fingerprint density at radius 2 is 2.19 bits per heavy atom. The fraction of sp³-hybridized carbons (Fsp3) is 0.462. The fourth-order valence-corrected chi connectivity index (χ4v) is 2.46. The molecule has 0 aromatic heterocycles. The number of para-hydroxylation sites is 1. The summed E-state index contributed by atoms with van der Waals surface area (Å²) < 4.78 is 0. The maximum Gasteiger partial charge on any atom is 0.293 e. The third kappa shape index (κ3) is 3.47. The molecule has 2 rings (SSSR count). The summed E-state index contributed by atoms with van der Waals surface area (Å²) >= 11 is 0. The standard InChI is InChI=1S/C13H19N5O3/c1-16-6-3-7-17(9-12(16)19)8-10-4-2-5-11(18(20)21)13(10)15-14/h2,4-5,15H,3,6-9,14H2,1H3. The van der Waals surface area contributed by atoms with Gasteiger partial charge in [-0.15, -0.1) is 0 Å². The molecule has 114 valence electrons. The first-order valence-corrected chi connectivity index (χ1v) is 6.72. The Hall–Kier alpha value is -2.19. The van der Waals surface area contributed by atoms with Gasteiger partial charge in [0.05, 0.1) is 11.5 Å². The molecule has 3 N–H and O–H groups in total. The molecule has 1 amide bonds. The number of hydrogen-bond donors (Lipinski definition) is 2. The molecule has 1 aromatic rings. The van der Waals surface area contributed by atoms with E-state index in [1.165, 1.54) is 6.07 Å². The number of anilines is 1. The lowest BCUT2D eigenvalue weighted by Crippen LogP contribution is -2.34. The van der Waals surface area contributed by atoms with Crippen LogP contribution >= 0.6 is 0 Å². The predicted molar refractivity (Wildman–Crippen MR) is 78.4 cm³/mol. The Kier molecular flexibility index (Phi) is 4.71. The molecule has 1 saturated heterocycles. The van der Waals surface area contributed by atoms with Gasteiger partial charge in [0, 0.05) is 32.7 Å². The highest BCUT2D eigenvalue weighted by atomic mass is 16.6. The van der Waals surface area contributed by atoms with Gasteiger partial charge in [-0.25, -0.2) is 0 Å². The quantitative estimate of drug-likeness (QED) is 0.477. The lowest BCUT2D eigenvalue weighted by Gasteiger charge is -2.20. The summed E-state index contributed by atoms with van der Waals surface area (Å²) in [7, 11) is 1.78. The predicted octanol–water partition coefficient (Wildman–Crippen LogP) is 0.544. The minimum Gasteiger partial charge on any atom is -0.345 e. The average Bonchev–Trinajstić information content (AvgIpc) is 2.60. The molecule has 1 aliphatic rings. The van der Waals surface area contributed by atoms with Crippen molar-refractivity contribution < 1.29 is 9.72 Å². The number of likely N-dealkylation sites (N-methyl/N-ethyl adjacent to an activating group) is 1. The number of amides is 1. The second kappa shape index (κ2) is 6.51. The van der Waals surface area contributed by atoms with E-state index in [9.17, 15) is 14.9 Å². The highest BCUT2D eigenvalue weighted by Crippen LogP contribution is 2.28. The van der Waals surface area contributed by atoms with Crippen molar-refractivity contribution in [1.29, 1.82) is 0 Å². The first-order valence-electron chi connectivity index (χ1n) is 6.72. The fourth-order valence-electron chi connectivity index (χ4n) is 2.46. The van der Waals surface area contributed by atoms with E-state index in [4.69, 9.17) is 5.84 Å². The van der Waals surface area contributed by atoms with Gasteiger partial charge >= 0.3 is 0 Å². The Morgan fingerprint density at radius 3 is 2.86 bits per heavy atom. The van der Waals surface area contributed by atoms with E-state index in [1.54, 1.807) is 24.1 Å². The molecule has 0 saturated carbocycles. The molecular formula is C13H19N5O3. The van der Waals surface area contributed by atoms with Crippen LogP contribution in [0.25, 0.3) is 0 Å². The zero-order chi connectivity index (χ0) is 15.4. The van der Waals surface area contributed by atoms with Crippen molar-refractivity contribution in [2.75, 3.05) is 32.1 Å². The van der Waals surface area contributed by atoms with E-state index < -0.39 is 4.92 Å². The van der Waals surface area contributed by atoms with E-state index in [0.29, 0.717) is 24.3 Å². The van der Waals surface area contributed by atoms with E-state index in [1.807, 2.05) is 4.90 Å². The number of carbonyl (C=O) groups is 1. The zero-order valence-electron chi connectivity index (χ0n) is 11.9. The van der Waals surface area contributed by atoms with Crippen LogP contribution in [0.4, 0.5) is 11.4 Å². The van der Waals surface area contributed by atoms with Crippen LogP contribution < -0.4 is 11.3 Å². The van der Waals surface area contributed by atoms with Crippen molar-refractivity contribution in [3.8, 4) is 0 Å². The second-order valence-corrected chi connectivity index (χ2v) is 5.09. The number of rotatable bonds is 4. The SMILES string of the molecule is CN1CCCN(Cc2cccc([N+](=O)[O-])c2NN)CC1=O. The van der Waals surface area contributed by atoms with E-state index in [0.717, 1.165) is 19.5 Å². The molecule has 0 aliphatic carbocycles. The topological polar surface area (TPSA) is 105 Å². The number of nitrogens with one attached hydrogen (secondary N) is 1. The number of carbonyl (C=O) groups excluding carboxylic acids is 1. The smallest absolute Gasteiger partial charge is 0.293 e. The van der Waals surface area contributed by atoms with Crippen molar-refractivity contribution in [3.05, 3.63) is 33.9 Å². The molecule has 0 atom stereocenters. The monoisotopic (exact) mass is 293 g/mol. The summed E-state index contributed by atoms with van der Waals surface area (Å²) in [5.41, 5.74) is 3.36. The third-order valence-electron chi connectivity index (χ3n) is 3.62. The average molecular weight is 293 g/mol. The van der Waals surface area contributed by atoms with E-state index in [-0.39, 0.29) is 11.6 Å². The maximum atomic E-state index is 11.9. The molecule has 21 heavy (non-hydrogen) atoms. The van der Waals surface area contributed by atoms with Crippen LogP contribution in [0.3, 0.4) is 0 Å². The Balaban J connectivity index is 2.21. The van der Waals surface area contributed by atoms with Crippen molar-refractivity contribution >= 4 is 17.3 Å². The second-order valence-electron chi connectivity index (χ2n) is 5.09. The minimum atomic E-state index is -0.472. The lowest BCUT2D eigenvalue weighted by atomic mass is 10.1. The summed E-state index contributed by atoms with van der Waals surface area (Å²) in [6, 6.07) is 4.81. The van der Waals surface area contributed by atoms with Crippen molar-refractivity contribution in [1.82, 2.24) is 9.80 Å². The molecule has 8 nitrogen and oxygen atoms in total. The normalized spacial score (nSPS) is 16.7. The summed E-state index contributed by atoms with van der Waals surface area (Å²) in [5.74, 6) is 5.48. The minimum absolute atomic E-state index is 0.0557. The third-order valence-corrected chi connectivity index (χ3v) is 3.62. The van der Waals surface area contributed by atoms with Crippen molar-refractivity contribution in [2.24, 2.45) is 5.84 Å². The number of hydrazine groups is 1. The van der Waals surface area contributed by atoms with Gasteiger partial charge in [0.25, 0.3) is 5.69 Å². The van der Waals surface area contributed by atoms with Crippen LogP contribution in [0.1, 0.15) is 12.0 Å². The molecule has 0 spiro atoms. The number of nitro benzene ring substituents is 1. The molecular weight excluding hydrogens is 274 g/mol. The molecule has 1 fully saturated rings. The summed E-state index contributed by atoms with van der Waals surface area (Å²) in [6.07, 6.45) is 0.878.